The highest BCUT2D eigenvalue weighted by Crippen LogP contribution is 2.44. The van der Waals surface area contributed by atoms with Crippen molar-refractivity contribution in [3.05, 3.63) is 46.3 Å². The van der Waals surface area contributed by atoms with Crippen molar-refractivity contribution in [2.24, 2.45) is 0 Å². The molecule has 2 N–H and O–H groups in total. The minimum atomic E-state index is -0.528. The lowest BCUT2D eigenvalue weighted by Crippen LogP contribution is -2.35. The Bertz CT molecular complexity index is 924. The molecule has 0 amide bonds. The number of hydrogen-bond donors (Lipinski definition) is 2. The number of dihydropyridines is 1. The summed E-state index contributed by atoms with van der Waals surface area (Å²) in [4.78, 5) is 26.3. The minimum absolute atomic E-state index is 0.0198. The first-order chi connectivity index (χ1) is 14.5. The van der Waals surface area contributed by atoms with Gasteiger partial charge in [-0.2, -0.15) is 0 Å². The molecule has 0 spiro atoms. The fourth-order valence-corrected chi connectivity index (χ4v) is 4.86. The van der Waals surface area contributed by atoms with E-state index >= 15 is 0 Å². The third-order valence-corrected chi connectivity index (χ3v) is 6.36. The highest BCUT2D eigenvalue weighted by molar-refractivity contribution is 6.03. The molecule has 1 aromatic carbocycles. The molecule has 2 aliphatic carbocycles. The number of nitrogens with one attached hydrogen (secondary N) is 1. The zero-order chi connectivity index (χ0) is 21.3. The molecule has 6 heteroatoms. The fourth-order valence-electron chi connectivity index (χ4n) is 4.86. The second kappa shape index (κ2) is 8.54. The molecule has 30 heavy (non-hydrogen) atoms. The standard InChI is InChI=1S/C24H29NO5/c1-14-21(24(28)30-16-7-4-3-5-8-16)22(15-11-12-18(26)20(13-15)29-2)23-17(25-14)9-6-10-19(23)27/h11-13,16,22,25-26H,3-10H2,1-2H3. The van der Waals surface area contributed by atoms with Crippen LogP contribution in [-0.2, 0) is 14.3 Å². The number of carbonyl (C=O) groups excluding carboxylic acids is 2. The van der Waals surface area contributed by atoms with E-state index < -0.39 is 5.92 Å². The second-order valence-corrected chi connectivity index (χ2v) is 8.36. The Kier molecular flexibility index (Phi) is 5.84. The van der Waals surface area contributed by atoms with Gasteiger partial charge in [0, 0.05) is 29.3 Å². The van der Waals surface area contributed by atoms with E-state index in [1.807, 2.05) is 6.92 Å². The molecular formula is C24H29NO5. The van der Waals surface area contributed by atoms with E-state index in [2.05, 4.69) is 5.32 Å². The Balaban J connectivity index is 1.76. The Morgan fingerprint density at radius 3 is 2.63 bits per heavy atom. The van der Waals surface area contributed by atoms with Crippen LogP contribution in [0.5, 0.6) is 11.5 Å². The van der Waals surface area contributed by atoms with Crippen molar-refractivity contribution in [2.75, 3.05) is 7.11 Å². The predicted octanol–water partition coefficient (Wildman–Crippen LogP) is 4.24. The van der Waals surface area contributed by atoms with Gasteiger partial charge < -0.3 is 19.9 Å². The number of ether oxygens (including phenoxy) is 2. The molecule has 160 valence electrons. The van der Waals surface area contributed by atoms with Crippen LogP contribution >= 0.6 is 0 Å². The normalized spacial score (nSPS) is 22.5. The van der Waals surface area contributed by atoms with Crippen LogP contribution in [0.4, 0.5) is 0 Å². The zero-order valence-electron chi connectivity index (χ0n) is 17.6. The van der Waals surface area contributed by atoms with Crippen LogP contribution in [0.3, 0.4) is 0 Å². The van der Waals surface area contributed by atoms with Gasteiger partial charge in [-0.25, -0.2) is 4.79 Å². The van der Waals surface area contributed by atoms with Crippen molar-refractivity contribution in [2.45, 2.75) is 70.3 Å². The smallest absolute Gasteiger partial charge is 0.337 e. The quantitative estimate of drug-likeness (QED) is 0.721. The first kappa shape index (κ1) is 20.5. The molecular weight excluding hydrogens is 382 g/mol. The number of methoxy groups -OCH3 is 1. The number of Topliss-reactive ketones (excluding diaryl/α,β-unsaturated/α-hetero) is 1. The van der Waals surface area contributed by atoms with Gasteiger partial charge in [-0.1, -0.05) is 12.5 Å². The monoisotopic (exact) mass is 411 g/mol. The van der Waals surface area contributed by atoms with Gasteiger partial charge in [0.1, 0.15) is 6.10 Å². The van der Waals surface area contributed by atoms with Gasteiger partial charge in [-0.15, -0.1) is 0 Å². The van der Waals surface area contributed by atoms with Crippen molar-refractivity contribution in [1.82, 2.24) is 5.32 Å². The summed E-state index contributed by atoms with van der Waals surface area (Å²) >= 11 is 0. The van der Waals surface area contributed by atoms with Crippen LogP contribution in [-0.4, -0.2) is 30.1 Å². The number of carbonyl (C=O) groups is 2. The Morgan fingerprint density at radius 2 is 1.90 bits per heavy atom. The largest absolute Gasteiger partial charge is 0.504 e. The fraction of sp³-hybridized carbons (Fsp3) is 0.500. The average molecular weight is 411 g/mol. The summed E-state index contributed by atoms with van der Waals surface area (Å²) in [6.07, 6.45) is 7.06. The minimum Gasteiger partial charge on any atom is -0.504 e. The average Bonchev–Trinajstić information content (AvgIpc) is 2.74. The van der Waals surface area contributed by atoms with Crippen molar-refractivity contribution in [1.29, 1.82) is 0 Å². The molecule has 1 aromatic rings. The van der Waals surface area contributed by atoms with E-state index in [0.29, 0.717) is 23.3 Å². The summed E-state index contributed by atoms with van der Waals surface area (Å²) in [5, 5.41) is 13.4. The summed E-state index contributed by atoms with van der Waals surface area (Å²) in [5.41, 5.74) is 3.46. The van der Waals surface area contributed by atoms with E-state index in [9.17, 15) is 14.7 Å². The summed E-state index contributed by atoms with van der Waals surface area (Å²) in [6, 6.07) is 5.00. The molecule has 1 unspecified atom stereocenters. The van der Waals surface area contributed by atoms with E-state index in [0.717, 1.165) is 55.5 Å². The van der Waals surface area contributed by atoms with Crippen LogP contribution in [0, 0.1) is 0 Å². The summed E-state index contributed by atoms with van der Waals surface area (Å²) < 4.78 is 11.2. The molecule has 0 aromatic heterocycles. The van der Waals surface area contributed by atoms with Gasteiger partial charge in [-0.05, 0) is 63.1 Å². The van der Waals surface area contributed by atoms with Crippen molar-refractivity contribution >= 4 is 11.8 Å². The van der Waals surface area contributed by atoms with Crippen LogP contribution in [0.15, 0.2) is 40.7 Å². The third kappa shape index (κ3) is 3.83. The summed E-state index contributed by atoms with van der Waals surface area (Å²) in [6.45, 7) is 1.87. The topological polar surface area (TPSA) is 84.9 Å². The van der Waals surface area contributed by atoms with Crippen LogP contribution in [0.25, 0.3) is 0 Å². The Labute approximate surface area is 176 Å². The molecule has 1 aliphatic heterocycles. The van der Waals surface area contributed by atoms with Gasteiger partial charge in [0.2, 0.25) is 0 Å². The lowest BCUT2D eigenvalue weighted by molar-refractivity contribution is -0.146. The predicted molar refractivity (Wildman–Crippen MR) is 112 cm³/mol. The summed E-state index contributed by atoms with van der Waals surface area (Å²) in [5.74, 6) is -0.509. The van der Waals surface area contributed by atoms with Gasteiger partial charge >= 0.3 is 5.97 Å². The molecule has 0 saturated heterocycles. The zero-order valence-corrected chi connectivity index (χ0v) is 17.6. The number of esters is 1. The molecule has 0 radical (unpaired) electrons. The first-order valence-electron chi connectivity index (χ1n) is 10.8. The molecule has 1 heterocycles. The number of ketones is 1. The molecule has 3 aliphatic rings. The van der Waals surface area contributed by atoms with Gasteiger partial charge in [0.25, 0.3) is 0 Å². The highest BCUT2D eigenvalue weighted by Gasteiger charge is 2.40. The maximum absolute atomic E-state index is 13.3. The SMILES string of the molecule is COc1cc(C2C(C(=O)OC3CCCCC3)=C(C)NC3=C2C(=O)CCC3)ccc1O. The number of aromatic hydroxyl groups is 1. The van der Waals surface area contributed by atoms with Crippen LogP contribution in [0.2, 0.25) is 0 Å². The molecule has 6 nitrogen and oxygen atoms in total. The Hall–Kier alpha value is -2.76. The molecule has 0 bridgehead atoms. The maximum atomic E-state index is 13.3. The first-order valence-corrected chi connectivity index (χ1v) is 10.8. The third-order valence-electron chi connectivity index (χ3n) is 6.36. The number of rotatable bonds is 4. The van der Waals surface area contributed by atoms with Gasteiger partial charge in [-0.3, -0.25) is 4.79 Å². The number of hydrogen-bond acceptors (Lipinski definition) is 6. The van der Waals surface area contributed by atoms with E-state index in [4.69, 9.17) is 9.47 Å². The molecule has 1 fully saturated rings. The number of allylic oxidation sites excluding steroid dienone is 3. The number of phenols is 1. The Morgan fingerprint density at radius 1 is 1.13 bits per heavy atom. The van der Waals surface area contributed by atoms with Crippen molar-refractivity contribution in [3.8, 4) is 11.5 Å². The molecule has 4 rings (SSSR count). The highest BCUT2D eigenvalue weighted by atomic mass is 16.5. The van der Waals surface area contributed by atoms with E-state index in [1.165, 1.54) is 13.5 Å². The number of benzene rings is 1. The van der Waals surface area contributed by atoms with Crippen LogP contribution in [0.1, 0.15) is 69.8 Å². The lowest BCUT2D eigenvalue weighted by Gasteiger charge is -2.35. The number of phenolic OH excluding ortho intramolecular Hbond substituents is 1. The van der Waals surface area contributed by atoms with E-state index in [1.54, 1.807) is 18.2 Å². The van der Waals surface area contributed by atoms with Crippen molar-refractivity contribution < 1.29 is 24.2 Å². The second-order valence-electron chi connectivity index (χ2n) is 8.36. The lowest BCUT2D eigenvalue weighted by atomic mass is 9.75. The van der Waals surface area contributed by atoms with Gasteiger partial charge in [0.15, 0.2) is 17.3 Å². The van der Waals surface area contributed by atoms with Crippen molar-refractivity contribution in [3.63, 3.8) is 0 Å². The summed E-state index contributed by atoms with van der Waals surface area (Å²) in [7, 11) is 1.48. The maximum Gasteiger partial charge on any atom is 0.337 e. The molecule has 1 saturated carbocycles. The van der Waals surface area contributed by atoms with Crippen LogP contribution < -0.4 is 10.1 Å². The van der Waals surface area contributed by atoms with Gasteiger partial charge in [0.05, 0.1) is 12.7 Å². The van der Waals surface area contributed by atoms with E-state index in [-0.39, 0.29) is 23.6 Å². The molecule has 1 atom stereocenters.